The molecule has 1 aliphatic rings. The second-order valence-electron chi connectivity index (χ2n) is 5.43. The lowest BCUT2D eigenvalue weighted by Crippen LogP contribution is -2.38. The van der Waals surface area contributed by atoms with Crippen LogP contribution < -0.4 is 5.32 Å². The van der Waals surface area contributed by atoms with Crippen LogP contribution in [0.4, 0.5) is 4.79 Å². The summed E-state index contributed by atoms with van der Waals surface area (Å²) in [4.78, 5) is 22.6. The molecule has 2 atom stereocenters. The van der Waals surface area contributed by atoms with E-state index in [2.05, 4.69) is 17.9 Å². The Balaban J connectivity index is 2.30. The molecule has 0 heterocycles. The molecule has 2 unspecified atom stereocenters. The van der Waals surface area contributed by atoms with Crippen LogP contribution in [0, 0.1) is 0 Å². The van der Waals surface area contributed by atoms with E-state index < -0.39 is 11.7 Å². The Bertz CT molecular complexity index is 314. The van der Waals surface area contributed by atoms with Crippen LogP contribution in [0.15, 0.2) is 0 Å². The second-order valence-corrected chi connectivity index (χ2v) is 5.74. The van der Waals surface area contributed by atoms with Gasteiger partial charge in [-0.05, 0) is 33.6 Å². The van der Waals surface area contributed by atoms with Gasteiger partial charge in [0.05, 0.1) is 5.75 Å². The van der Waals surface area contributed by atoms with Crippen molar-refractivity contribution in [2.45, 2.75) is 57.8 Å². The number of ether oxygens (including phenoxy) is 2. The molecule has 6 heteroatoms. The third-order valence-corrected chi connectivity index (χ3v) is 2.79. The lowest BCUT2D eigenvalue weighted by atomic mass is 10.2. The minimum Gasteiger partial charge on any atom is -0.462 e. The van der Waals surface area contributed by atoms with Gasteiger partial charge in [0.25, 0.3) is 0 Å². The molecule has 1 fully saturated rings. The van der Waals surface area contributed by atoms with Crippen LogP contribution in [-0.2, 0) is 14.3 Å². The van der Waals surface area contributed by atoms with Crippen LogP contribution in [0.2, 0.25) is 0 Å². The average molecular weight is 275 g/mol. The van der Waals surface area contributed by atoms with Crippen LogP contribution in [0.1, 0.15) is 40.0 Å². The fourth-order valence-electron chi connectivity index (χ4n) is 1.88. The Morgan fingerprint density at radius 1 is 1.33 bits per heavy atom. The Morgan fingerprint density at radius 3 is 2.56 bits per heavy atom. The molecule has 0 radical (unpaired) electrons. The highest BCUT2D eigenvalue weighted by molar-refractivity contribution is 7.81. The van der Waals surface area contributed by atoms with E-state index in [0.717, 1.165) is 12.8 Å². The van der Waals surface area contributed by atoms with Crippen molar-refractivity contribution in [2.24, 2.45) is 0 Å². The van der Waals surface area contributed by atoms with Gasteiger partial charge in [-0.15, -0.1) is 0 Å². The summed E-state index contributed by atoms with van der Waals surface area (Å²) < 4.78 is 10.3. The van der Waals surface area contributed by atoms with E-state index in [0.29, 0.717) is 6.42 Å². The van der Waals surface area contributed by atoms with E-state index in [9.17, 15) is 9.59 Å². The van der Waals surface area contributed by atoms with E-state index in [-0.39, 0.29) is 23.9 Å². The number of hydrogen-bond acceptors (Lipinski definition) is 5. The standard InChI is InChI=1S/C12H21NO4S/c1-12(2,3)17-11(15)13-8-4-5-9(6-8)16-10(14)7-18/h8-9,18H,4-7H2,1-3H3,(H,13,15). The summed E-state index contributed by atoms with van der Waals surface area (Å²) in [6.45, 7) is 5.45. The largest absolute Gasteiger partial charge is 0.462 e. The predicted octanol–water partition coefficient (Wildman–Crippen LogP) is 1.91. The Kier molecular flexibility index (Phi) is 5.31. The fourth-order valence-corrected chi connectivity index (χ4v) is 1.95. The number of nitrogens with one attached hydrogen (secondary N) is 1. The molecule has 1 saturated carbocycles. The number of amides is 1. The minimum atomic E-state index is -0.499. The van der Waals surface area contributed by atoms with E-state index >= 15 is 0 Å². The third-order valence-electron chi connectivity index (χ3n) is 2.53. The molecule has 0 spiro atoms. The number of alkyl carbamates (subject to hydrolysis) is 1. The first-order valence-electron chi connectivity index (χ1n) is 6.10. The molecule has 1 N–H and O–H groups in total. The highest BCUT2D eigenvalue weighted by atomic mass is 32.1. The molecule has 1 rings (SSSR count). The normalized spacial score (nSPS) is 23.6. The number of rotatable bonds is 3. The van der Waals surface area contributed by atoms with Crippen molar-refractivity contribution in [3.63, 3.8) is 0 Å². The monoisotopic (exact) mass is 275 g/mol. The summed E-state index contributed by atoms with van der Waals surface area (Å²) in [5, 5.41) is 2.79. The summed E-state index contributed by atoms with van der Waals surface area (Å²) in [5.41, 5.74) is -0.499. The summed E-state index contributed by atoms with van der Waals surface area (Å²) in [6.07, 6.45) is 1.65. The van der Waals surface area contributed by atoms with Gasteiger partial charge in [0.15, 0.2) is 0 Å². The van der Waals surface area contributed by atoms with Gasteiger partial charge in [0.1, 0.15) is 11.7 Å². The van der Waals surface area contributed by atoms with Crippen molar-refractivity contribution in [1.82, 2.24) is 5.32 Å². The predicted molar refractivity (Wildman–Crippen MR) is 70.7 cm³/mol. The molecule has 0 saturated heterocycles. The quantitative estimate of drug-likeness (QED) is 0.610. The van der Waals surface area contributed by atoms with Crippen LogP contribution in [0.25, 0.3) is 0 Å². The van der Waals surface area contributed by atoms with E-state index in [1.807, 2.05) is 20.8 Å². The zero-order valence-corrected chi connectivity index (χ0v) is 12.0. The number of carbonyl (C=O) groups is 2. The zero-order valence-electron chi connectivity index (χ0n) is 11.1. The zero-order chi connectivity index (χ0) is 13.8. The molecule has 5 nitrogen and oxygen atoms in total. The molecule has 0 aromatic carbocycles. The lowest BCUT2D eigenvalue weighted by Gasteiger charge is -2.21. The number of thiol groups is 1. The van der Waals surface area contributed by atoms with E-state index in [1.165, 1.54) is 0 Å². The van der Waals surface area contributed by atoms with Gasteiger partial charge >= 0.3 is 12.1 Å². The van der Waals surface area contributed by atoms with Crippen LogP contribution >= 0.6 is 12.6 Å². The number of hydrogen-bond donors (Lipinski definition) is 2. The molecule has 104 valence electrons. The van der Waals surface area contributed by atoms with Gasteiger partial charge in [-0.1, -0.05) is 0 Å². The Morgan fingerprint density at radius 2 is 2.00 bits per heavy atom. The highest BCUT2D eigenvalue weighted by Crippen LogP contribution is 2.22. The van der Waals surface area contributed by atoms with Crippen molar-refractivity contribution in [1.29, 1.82) is 0 Å². The van der Waals surface area contributed by atoms with Gasteiger partial charge in [-0.25, -0.2) is 4.79 Å². The molecule has 0 aromatic rings. The molecule has 1 amide bonds. The van der Waals surface area contributed by atoms with Crippen molar-refractivity contribution >= 4 is 24.7 Å². The maximum atomic E-state index is 11.5. The topological polar surface area (TPSA) is 64.6 Å². The van der Waals surface area contributed by atoms with Gasteiger partial charge in [0, 0.05) is 12.5 Å². The van der Waals surface area contributed by atoms with Gasteiger partial charge in [-0.2, -0.15) is 12.6 Å². The van der Waals surface area contributed by atoms with Crippen molar-refractivity contribution < 1.29 is 19.1 Å². The summed E-state index contributed by atoms with van der Waals surface area (Å²) in [5.74, 6) is -0.234. The van der Waals surface area contributed by atoms with Crippen LogP contribution in [0.5, 0.6) is 0 Å². The summed E-state index contributed by atoms with van der Waals surface area (Å²) in [6, 6.07) is 0.0116. The van der Waals surface area contributed by atoms with E-state index in [4.69, 9.17) is 9.47 Å². The van der Waals surface area contributed by atoms with Gasteiger partial charge in [-0.3, -0.25) is 4.79 Å². The molecule has 0 aromatic heterocycles. The number of esters is 1. The van der Waals surface area contributed by atoms with Crippen LogP contribution in [0.3, 0.4) is 0 Å². The molecule has 1 aliphatic carbocycles. The number of carbonyl (C=O) groups excluding carboxylic acids is 2. The lowest BCUT2D eigenvalue weighted by molar-refractivity contribution is -0.145. The first-order chi connectivity index (χ1) is 8.30. The van der Waals surface area contributed by atoms with Crippen molar-refractivity contribution in [3.8, 4) is 0 Å². The van der Waals surface area contributed by atoms with Crippen molar-refractivity contribution in [3.05, 3.63) is 0 Å². The molecule has 0 aliphatic heterocycles. The first kappa shape index (κ1) is 15.1. The molecular weight excluding hydrogens is 254 g/mol. The molecule has 18 heavy (non-hydrogen) atoms. The third kappa shape index (κ3) is 5.62. The first-order valence-corrected chi connectivity index (χ1v) is 6.73. The fraction of sp³-hybridized carbons (Fsp3) is 0.833. The van der Waals surface area contributed by atoms with Crippen molar-refractivity contribution in [2.75, 3.05) is 5.75 Å². The van der Waals surface area contributed by atoms with E-state index in [1.54, 1.807) is 0 Å². The minimum absolute atomic E-state index is 0.0116. The average Bonchev–Trinajstić information content (AvgIpc) is 2.62. The smallest absolute Gasteiger partial charge is 0.407 e. The second kappa shape index (κ2) is 6.31. The Labute approximate surface area is 113 Å². The van der Waals surface area contributed by atoms with Gasteiger partial charge < -0.3 is 14.8 Å². The Hall–Kier alpha value is -0.910. The highest BCUT2D eigenvalue weighted by Gasteiger charge is 2.29. The maximum Gasteiger partial charge on any atom is 0.407 e. The summed E-state index contributed by atoms with van der Waals surface area (Å²) >= 11 is 3.85. The maximum absolute atomic E-state index is 11.5. The van der Waals surface area contributed by atoms with Gasteiger partial charge in [0.2, 0.25) is 0 Å². The SMILES string of the molecule is CC(C)(C)OC(=O)NC1CCC(OC(=O)CS)C1. The molecular formula is C12H21NO4S. The molecule has 0 bridgehead atoms. The van der Waals surface area contributed by atoms with Crippen LogP contribution in [-0.4, -0.2) is 35.6 Å². The summed E-state index contributed by atoms with van der Waals surface area (Å²) in [7, 11) is 0.